The first-order valence-corrected chi connectivity index (χ1v) is 6.44. The minimum absolute atomic E-state index is 0.335. The van der Waals surface area contributed by atoms with Gasteiger partial charge in [-0.05, 0) is 24.7 Å². The number of hydrogen-bond acceptors (Lipinski definition) is 4. The first kappa shape index (κ1) is 14.3. The smallest absolute Gasteiger partial charge is 0.132 e. The fourth-order valence-corrected chi connectivity index (χ4v) is 2.21. The Morgan fingerprint density at radius 3 is 2.85 bits per heavy atom. The van der Waals surface area contributed by atoms with Gasteiger partial charge in [0, 0.05) is 23.6 Å². The van der Waals surface area contributed by atoms with E-state index in [0.717, 1.165) is 5.56 Å². The molecule has 0 aliphatic heterocycles. The summed E-state index contributed by atoms with van der Waals surface area (Å²) in [5.41, 5.74) is 7.73. The molecule has 1 unspecified atom stereocenters. The van der Waals surface area contributed by atoms with Gasteiger partial charge in [0.1, 0.15) is 11.6 Å². The van der Waals surface area contributed by atoms with Crippen LogP contribution in [0.1, 0.15) is 24.1 Å². The van der Waals surface area contributed by atoms with Gasteiger partial charge in [-0.3, -0.25) is 4.98 Å². The second-order valence-corrected chi connectivity index (χ2v) is 4.35. The second kappa shape index (κ2) is 6.34. The van der Waals surface area contributed by atoms with Crippen LogP contribution in [0.4, 0.5) is 10.1 Å². The van der Waals surface area contributed by atoms with Crippen molar-refractivity contribution in [1.82, 2.24) is 10.3 Å². The standard InChI is InChI=1S/C15H18FN3O/c1-3-19-15(10-9-18-8-7-12(10)17)14-11(16)5-4-6-13(14)20-2/h4-9,15,19H,3H2,1-2H3,(H2,17,18). The molecule has 0 aliphatic rings. The molecule has 0 amide bonds. The first-order valence-electron chi connectivity index (χ1n) is 6.44. The summed E-state index contributed by atoms with van der Waals surface area (Å²) < 4.78 is 19.5. The van der Waals surface area contributed by atoms with Gasteiger partial charge in [0.2, 0.25) is 0 Å². The summed E-state index contributed by atoms with van der Waals surface area (Å²) in [6.07, 6.45) is 3.26. The normalized spacial score (nSPS) is 12.2. The van der Waals surface area contributed by atoms with E-state index in [-0.39, 0.29) is 5.82 Å². The molecule has 0 aliphatic carbocycles. The maximum absolute atomic E-state index is 14.2. The van der Waals surface area contributed by atoms with E-state index < -0.39 is 6.04 Å². The van der Waals surface area contributed by atoms with Gasteiger partial charge >= 0.3 is 0 Å². The molecule has 1 heterocycles. The third kappa shape index (κ3) is 2.72. The Morgan fingerprint density at radius 2 is 2.20 bits per heavy atom. The van der Waals surface area contributed by atoms with Gasteiger partial charge in [0.25, 0.3) is 0 Å². The highest BCUT2D eigenvalue weighted by atomic mass is 19.1. The molecule has 4 nitrogen and oxygen atoms in total. The summed E-state index contributed by atoms with van der Waals surface area (Å²) >= 11 is 0. The van der Waals surface area contributed by atoms with Crippen LogP contribution in [0.15, 0.2) is 36.7 Å². The molecule has 0 fully saturated rings. The van der Waals surface area contributed by atoms with Crippen molar-refractivity contribution < 1.29 is 9.13 Å². The molecule has 0 saturated heterocycles. The number of nitrogen functional groups attached to an aromatic ring is 1. The van der Waals surface area contributed by atoms with Crippen molar-refractivity contribution in [3.05, 3.63) is 53.6 Å². The summed E-state index contributed by atoms with van der Waals surface area (Å²) in [6.45, 7) is 2.61. The van der Waals surface area contributed by atoms with E-state index in [2.05, 4.69) is 10.3 Å². The van der Waals surface area contributed by atoms with Crippen LogP contribution >= 0.6 is 0 Å². The number of nitrogens with two attached hydrogens (primary N) is 1. The molecule has 0 saturated carbocycles. The molecule has 2 aromatic rings. The van der Waals surface area contributed by atoms with Crippen LogP contribution in [0.25, 0.3) is 0 Å². The van der Waals surface area contributed by atoms with Crippen LogP contribution in [0.5, 0.6) is 5.75 Å². The molecule has 0 bridgehead atoms. The van der Waals surface area contributed by atoms with E-state index in [1.807, 2.05) is 6.92 Å². The summed E-state index contributed by atoms with van der Waals surface area (Å²) in [5, 5.41) is 3.23. The van der Waals surface area contributed by atoms with Gasteiger partial charge < -0.3 is 15.8 Å². The third-order valence-corrected chi connectivity index (χ3v) is 3.13. The molecule has 0 spiro atoms. The Labute approximate surface area is 117 Å². The summed E-state index contributed by atoms with van der Waals surface area (Å²) in [7, 11) is 1.52. The summed E-state index contributed by atoms with van der Waals surface area (Å²) in [4.78, 5) is 4.08. The molecule has 0 radical (unpaired) electrons. The van der Waals surface area contributed by atoms with Crippen LogP contribution in [-0.4, -0.2) is 18.6 Å². The second-order valence-electron chi connectivity index (χ2n) is 4.35. The average Bonchev–Trinajstić information content (AvgIpc) is 2.46. The van der Waals surface area contributed by atoms with Crippen molar-refractivity contribution >= 4 is 5.69 Å². The fourth-order valence-electron chi connectivity index (χ4n) is 2.21. The van der Waals surface area contributed by atoms with Crippen LogP contribution < -0.4 is 15.8 Å². The maximum atomic E-state index is 14.2. The predicted molar refractivity (Wildman–Crippen MR) is 77.1 cm³/mol. The van der Waals surface area contributed by atoms with E-state index in [1.165, 1.54) is 13.2 Å². The Kier molecular flexibility index (Phi) is 4.53. The molecular weight excluding hydrogens is 257 g/mol. The largest absolute Gasteiger partial charge is 0.496 e. The van der Waals surface area contributed by atoms with E-state index in [1.54, 1.807) is 30.6 Å². The zero-order valence-electron chi connectivity index (χ0n) is 11.6. The van der Waals surface area contributed by atoms with Crippen LogP contribution in [0.2, 0.25) is 0 Å². The van der Waals surface area contributed by atoms with E-state index >= 15 is 0 Å². The molecule has 2 rings (SSSR count). The Morgan fingerprint density at radius 1 is 1.40 bits per heavy atom. The SMILES string of the molecule is CCNC(c1cnccc1N)c1c(F)cccc1OC. The minimum Gasteiger partial charge on any atom is -0.496 e. The van der Waals surface area contributed by atoms with E-state index in [9.17, 15) is 4.39 Å². The summed E-state index contributed by atoms with van der Waals surface area (Å²) in [5.74, 6) is 0.151. The molecule has 1 atom stereocenters. The highest BCUT2D eigenvalue weighted by molar-refractivity contribution is 5.52. The van der Waals surface area contributed by atoms with Crippen molar-refractivity contribution in [3.8, 4) is 5.75 Å². The van der Waals surface area contributed by atoms with Gasteiger partial charge in [0.05, 0.1) is 18.7 Å². The van der Waals surface area contributed by atoms with Gasteiger partial charge in [-0.15, -0.1) is 0 Å². The van der Waals surface area contributed by atoms with Crippen molar-refractivity contribution in [3.63, 3.8) is 0 Å². The van der Waals surface area contributed by atoms with E-state index in [0.29, 0.717) is 23.5 Å². The third-order valence-electron chi connectivity index (χ3n) is 3.13. The van der Waals surface area contributed by atoms with Gasteiger partial charge in [-0.1, -0.05) is 13.0 Å². The number of nitrogens with one attached hydrogen (secondary N) is 1. The van der Waals surface area contributed by atoms with Crippen LogP contribution in [0, 0.1) is 5.82 Å². The molecular formula is C15H18FN3O. The quantitative estimate of drug-likeness (QED) is 0.880. The molecule has 20 heavy (non-hydrogen) atoms. The topological polar surface area (TPSA) is 60.2 Å². The van der Waals surface area contributed by atoms with Gasteiger partial charge in [0.15, 0.2) is 0 Å². The number of pyridine rings is 1. The van der Waals surface area contributed by atoms with Crippen molar-refractivity contribution in [2.75, 3.05) is 19.4 Å². The molecule has 1 aromatic heterocycles. The van der Waals surface area contributed by atoms with Crippen molar-refractivity contribution in [2.45, 2.75) is 13.0 Å². The molecule has 3 N–H and O–H groups in total. The minimum atomic E-state index is -0.398. The highest BCUT2D eigenvalue weighted by Crippen LogP contribution is 2.34. The number of aromatic nitrogens is 1. The lowest BCUT2D eigenvalue weighted by Crippen LogP contribution is -2.24. The number of methoxy groups -OCH3 is 1. The summed E-state index contributed by atoms with van der Waals surface area (Å²) in [6, 6.07) is 6.06. The fraction of sp³-hybridized carbons (Fsp3) is 0.267. The number of anilines is 1. The number of nitrogens with zero attached hydrogens (tertiary/aromatic N) is 1. The lowest BCUT2D eigenvalue weighted by atomic mass is 9.97. The van der Waals surface area contributed by atoms with Gasteiger partial charge in [-0.25, -0.2) is 4.39 Å². The highest BCUT2D eigenvalue weighted by Gasteiger charge is 2.23. The maximum Gasteiger partial charge on any atom is 0.132 e. The Bertz CT molecular complexity index is 589. The lowest BCUT2D eigenvalue weighted by molar-refractivity contribution is 0.397. The Hall–Kier alpha value is -2.14. The molecule has 1 aromatic carbocycles. The monoisotopic (exact) mass is 275 g/mol. The number of rotatable bonds is 5. The Balaban J connectivity index is 2.57. The van der Waals surface area contributed by atoms with Crippen LogP contribution in [0.3, 0.4) is 0 Å². The van der Waals surface area contributed by atoms with Crippen LogP contribution in [-0.2, 0) is 0 Å². The number of ether oxygens (including phenoxy) is 1. The number of hydrogen-bond donors (Lipinski definition) is 2. The average molecular weight is 275 g/mol. The number of halogens is 1. The zero-order chi connectivity index (χ0) is 14.5. The first-order chi connectivity index (χ1) is 9.69. The molecule has 5 heteroatoms. The van der Waals surface area contributed by atoms with E-state index in [4.69, 9.17) is 10.5 Å². The predicted octanol–water partition coefficient (Wildman–Crippen LogP) is 2.51. The van der Waals surface area contributed by atoms with Crippen molar-refractivity contribution in [2.24, 2.45) is 0 Å². The lowest BCUT2D eigenvalue weighted by Gasteiger charge is -2.22. The van der Waals surface area contributed by atoms with Gasteiger partial charge in [-0.2, -0.15) is 0 Å². The number of benzene rings is 1. The van der Waals surface area contributed by atoms with Crippen molar-refractivity contribution in [1.29, 1.82) is 0 Å². The molecule has 106 valence electrons. The zero-order valence-corrected chi connectivity index (χ0v) is 11.6.